The highest BCUT2D eigenvalue weighted by Gasteiger charge is 2.41. The fraction of sp³-hybridized carbons (Fsp3) is 0.667. The maximum atomic E-state index is 12.0. The number of hydrogen-bond donors (Lipinski definition) is 0. The van der Waals surface area contributed by atoms with Gasteiger partial charge >= 0.3 is 6.30 Å². The van der Waals surface area contributed by atoms with Gasteiger partial charge < -0.3 is 0 Å². The minimum Gasteiger partial charge on any atom is -0.281 e. The van der Waals surface area contributed by atoms with E-state index in [1.54, 1.807) is 0 Å². The minimum atomic E-state index is -4.31. The number of halogens is 3. The van der Waals surface area contributed by atoms with Crippen LogP contribution in [-0.2, 0) is 4.84 Å². The molecule has 1 aliphatic heterocycles. The first-order valence-electron chi connectivity index (χ1n) is 3.34. The first-order valence-corrected chi connectivity index (χ1v) is 3.34. The Kier molecular flexibility index (Phi) is 2.71. The molecule has 0 radical (unpaired) electrons. The molecule has 0 aromatic carbocycles. The highest BCUT2D eigenvalue weighted by molar-refractivity contribution is 4.71. The Labute approximate surface area is 68.0 Å². The molecule has 6 heteroatoms. The van der Waals surface area contributed by atoms with E-state index in [1.807, 2.05) is 0 Å². The molecule has 0 aromatic heterocycles. The molecule has 1 aliphatic rings. The standard InChI is InChI=1S/C6H9F3N2O/c1-2-3-11-4-10(5-12-11)6(7,8)9/h2H,1,3-5H2. The SMILES string of the molecule is C=CCN1CN(C(F)(F)F)CO1. The van der Waals surface area contributed by atoms with Crippen molar-refractivity contribution in [3.8, 4) is 0 Å². The van der Waals surface area contributed by atoms with Crippen molar-refractivity contribution in [3.63, 3.8) is 0 Å². The minimum absolute atomic E-state index is 0.254. The fourth-order valence-electron chi connectivity index (χ4n) is 0.831. The largest absolute Gasteiger partial charge is 0.463 e. The van der Waals surface area contributed by atoms with E-state index in [0.29, 0.717) is 6.54 Å². The zero-order valence-electron chi connectivity index (χ0n) is 6.34. The third kappa shape index (κ3) is 2.20. The van der Waals surface area contributed by atoms with Gasteiger partial charge in [-0.2, -0.15) is 23.1 Å². The lowest BCUT2D eigenvalue weighted by Gasteiger charge is -2.16. The highest BCUT2D eigenvalue weighted by atomic mass is 19.4. The Balaban J connectivity index is 2.40. The maximum Gasteiger partial charge on any atom is 0.463 e. The molecule has 1 saturated heterocycles. The smallest absolute Gasteiger partial charge is 0.281 e. The van der Waals surface area contributed by atoms with Crippen LogP contribution >= 0.6 is 0 Å². The molecule has 0 atom stereocenters. The van der Waals surface area contributed by atoms with Crippen LogP contribution in [0.5, 0.6) is 0 Å². The van der Waals surface area contributed by atoms with Crippen molar-refractivity contribution in [2.75, 3.05) is 19.9 Å². The zero-order valence-corrected chi connectivity index (χ0v) is 6.34. The number of hydroxylamine groups is 2. The van der Waals surface area contributed by atoms with E-state index >= 15 is 0 Å². The molecule has 0 amide bonds. The summed E-state index contributed by atoms with van der Waals surface area (Å²) in [7, 11) is 0. The molecule has 0 N–H and O–H groups in total. The van der Waals surface area contributed by atoms with Gasteiger partial charge in [0.25, 0.3) is 0 Å². The van der Waals surface area contributed by atoms with Crippen molar-refractivity contribution in [2.24, 2.45) is 0 Å². The molecule has 3 nitrogen and oxygen atoms in total. The third-order valence-corrected chi connectivity index (χ3v) is 1.42. The fourth-order valence-corrected chi connectivity index (χ4v) is 0.831. The second-order valence-corrected chi connectivity index (χ2v) is 2.36. The summed E-state index contributed by atoms with van der Waals surface area (Å²) in [5.74, 6) is 0. The molecule has 0 aliphatic carbocycles. The number of nitrogens with zero attached hydrogens (tertiary/aromatic N) is 2. The van der Waals surface area contributed by atoms with Crippen molar-refractivity contribution in [2.45, 2.75) is 6.30 Å². The summed E-state index contributed by atoms with van der Waals surface area (Å²) in [5, 5.41) is 1.19. The van der Waals surface area contributed by atoms with Crippen molar-refractivity contribution < 1.29 is 18.0 Å². The van der Waals surface area contributed by atoms with Crippen molar-refractivity contribution in [3.05, 3.63) is 12.7 Å². The lowest BCUT2D eigenvalue weighted by atomic mass is 10.6. The van der Waals surface area contributed by atoms with Crippen LogP contribution in [-0.4, -0.2) is 36.2 Å². The average Bonchev–Trinajstić information content (AvgIpc) is 2.35. The van der Waals surface area contributed by atoms with Crippen molar-refractivity contribution in [1.29, 1.82) is 0 Å². The molecule has 0 bridgehead atoms. The molecule has 12 heavy (non-hydrogen) atoms. The maximum absolute atomic E-state index is 12.0. The molecule has 0 aromatic rings. The predicted octanol–water partition coefficient (Wildman–Crippen LogP) is 1.16. The average molecular weight is 182 g/mol. The van der Waals surface area contributed by atoms with E-state index in [0.717, 1.165) is 0 Å². The second kappa shape index (κ2) is 3.42. The normalized spacial score (nSPS) is 21.6. The van der Waals surface area contributed by atoms with Crippen LogP contribution in [0, 0.1) is 0 Å². The van der Waals surface area contributed by atoms with Crippen LogP contribution in [0.2, 0.25) is 0 Å². The monoisotopic (exact) mass is 182 g/mol. The first kappa shape index (κ1) is 9.50. The van der Waals surface area contributed by atoms with Gasteiger partial charge in [0.2, 0.25) is 0 Å². The predicted molar refractivity (Wildman–Crippen MR) is 35.6 cm³/mol. The Bertz CT molecular complexity index is 171. The Morgan fingerprint density at radius 3 is 2.58 bits per heavy atom. The lowest BCUT2D eigenvalue weighted by molar-refractivity contribution is -0.245. The van der Waals surface area contributed by atoms with E-state index in [-0.39, 0.29) is 11.6 Å². The van der Waals surface area contributed by atoms with Crippen molar-refractivity contribution in [1.82, 2.24) is 9.96 Å². The summed E-state index contributed by atoms with van der Waals surface area (Å²) in [6.45, 7) is 3.00. The molecule has 1 fully saturated rings. The van der Waals surface area contributed by atoms with Gasteiger partial charge in [-0.3, -0.25) is 4.84 Å². The zero-order chi connectivity index (χ0) is 9.19. The molecular weight excluding hydrogens is 173 g/mol. The van der Waals surface area contributed by atoms with E-state index < -0.39 is 13.0 Å². The highest BCUT2D eigenvalue weighted by Crippen LogP contribution is 2.24. The summed E-state index contributed by atoms with van der Waals surface area (Å²) in [6.07, 6.45) is -2.82. The third-order valence-electron chi connectivity index (χ3n) is 1.42. The Morgan fingerprint density at radius 2 is 2.17 bits per heavy atom. The van der Waals surface area contributed by atoms with E-state index in [1.165, 1.54) is 11.1 Å². The Morgan fingerprint density at radius 1 is 1.50 bits per heavy atom. The van der Waals surface area contributed by atoms with Crippen molar-refractivity contribution >= 4 is 0 Å². The van der Waals surface area contributed by atoms with Crippen LogP contribution in [0.1, 0.15) is 0 Å². The van der Waals surface area contributed by atoms with E-state index in [4.69, 9.17) is 4.84 Å². The Hall–Kier alpha value is -0.590. The van der Waals surface area contributed by atoms with Gasteiger partial charge in [0.15, 0.2) is 0 Å². The van der Waals surface area contributed by atoms with Gasteiger partial charge in [-0.1, -0.05) is 6.08 Å². The van der Waals surface area contributed by atoms with Gasteiger partial charge in [0, 0.05) is 6.54 Å². The van der Waals surface area contributed by atoms with Crippen LogP contribution in [0.15, 0.2) is 12.7 Å². The summed E-state index contributed by atoms with van der Waals surface area (Å²) in [4.78, 5) is 4.97. The summed E-state index contributed by atoms with van der Waals surface area (Å²) in [5.41, 5.74) is 0. The molecular formula is C6H9F3N2O. The molecule has 0 unspecified atom stereocenters. The number of hydrogen-bond acceptors (Lipinski definition) is 3. The summed E-state index contributed by atoms with van der Waals surface area (Å²) in [6, 6.07) is 0. The second-order valence-electron chi connectivity index (χ2n) is 2.36. The molecule has 70 valence electrons. The molecule has 1 rings (SSSR count). The molecule has 0 spiro atoms. The number of alkyl halides is 3. The van der Waals surface area contributed by atoms with Gasteiger partial charge in [0.05, 0.1) is 6.67 Å². The molecule has 1 heterocycles. The lowest BCUT2D eigenvalue weighted by Crippen LogP contribution is -2.37. The van der Waals surface area contributed by atoms with Crippen LogP contribution < -0.4 is 0 Å². The van der Waals surface area contributed by atoms with Gasteiger partial charge in [-0.25, -0.2) is 0 Å². The van der Waals surface area contributed by atoms with Crippen LogP contribution in [0.25, 0.3) is 0 Å². The quantitative estimate of drug-likeness (QED) is 0.470. The van der Waals surface area contributed by atoms with E-state index in [9.17, 15) is 13.2 Å². The summed E-state index contributed by atoms with van der Waals surface area (Å²) >= 11 is 0. The van der Waals surface area contributed by atoms with E-state index in [2.05, 4.69) is 6.58 Å². The summed E-state index contributed by atoms with van der Waals surface area (Å²) < 4.78 is 35.9. The van der Waals surface area contributed by atoms with Gasteiger partial charge in [0.1, 0.15) is 6.73 Å². The van der Waals surface area contributed by atoms with Crippen LogP contribution in [0.4, 0.5) is 13.2 Å². The first-order chi connectivity index (χ1) is 5.54. The molecule has 0 saturated carbocycles. The van der Waals surface area contributed by atoms with Crippen LogP contribution in [0.3, 0.4) is 0 Å². The topological polar surface area (TPSA) is 15.7 Å². The number of rotatable bonds is 2. The van der Waals surface area contributed by atoms with Gasteiger partial charge in [-0.05, 0) is 0 Å². The van der Waals surface area contributed by atoms with Gasteiger partial charge in [-0.15, -0.1) is 6.58 Å².